The monoisotopic (exact) mass is 294 g/mol. The van der Waals surface area contributed by atoms with Gasteiger partial charge in [0.25, 0.3) is 0 Å². The molecule has 1 atom stereocenters. The van der Waals surface area contributed by atoms with Gasteiger partial charge in [-0.1, -0.05) is 33.3 Å². The van der Waals surface area contributed by atoms with Gasteiger partial charge in [0.15, 0.2) is 0 Å². The number of hydrogen-bond acceptors (Lipinski definition) is 3. The summed E-state index contributed by atoms with van der Waals surface area (Å²) in [7, 11) is 0. The summed E-state index contributed by atoms with van der Waals surface area (Å²) in [6.07, 6.45) is 5.36. The minimum Gasteiger partial charge on any atom is -0.313 e. The predicted octanol–water partition coefficient (Wildman–Crippen LogP) is 4.13. The molecule has 1 aromatic heterocycles. The first kappa shape index (κ1) is 16.0. The van der Waals surface area contributed by atoms with E-state index >= 15 is 0 Å². The Kier molecular flexibility index (Phi) is 6.06. The zero-order chi connectivity index (χ0) is 14.4. The maximum Gasteiger partial charge on any atom is 0.0328 e. The van der Waals surface area contributed by atoms with E-state index in [2.05, 4.69) is 48.5 Å². The quantitative estimate of drug-likeness (QED) is 0.698. The van der Waals surface area contributed by atoms with Crippen LogP contribution in [0.25, 0.3) is 0 Å². The molecule has 20 heavy (non-hydrogen) atoms. The molecule has 1 fully saturated rings. The Morgan fingerprint density at radius 3 is 2.75 bits per heavy atom. The first-order valence-electron chi connectivity index (χ1n) is 8.13. The third kappa shape index (κ3) is 5.19. The van der Waals surface area contributed by atoms with Crippen LogP contribution in [0.4, 0.5) is 0 Å². The molecule has 1 N–H and O–H groups in total. The molecule has 0 spiro atoms. The number of hydrogen-bond donors (Lipinski definition) is 1. The maximum absolute atomic E-state index is 3.75. The van der Waals surface area contributed by atoms with Crippen molar-refractivity contribution >= 4 is 11.3 Å². The van der Waals surface area contributed by atoms with Crippen molar-refractivity contribution in [2.24, 2.45) is 5.41 Å². The Bertz CT molecular complexity index is 372. The number of thiophene rings is 1. The van der Waals surface area contributed by atoms with E-state index in [0.717, 1.165) is 19.1 Å². The van der Waals surface area contributed by atoms with Crippen LogP contribution in [-0.4, -0.2) is 30.6 Å². The van der Waals surface area contributed by atoms with Crippen LogP contribution in [0, 0.1) is 5.41 Å². The molecule has 1 aromatic rings. The van der Waals surface area contributed by atoms with E-state index in [-0.39, 0.29) is 0 Å². The van der Waals surface area contributed by atoms with Gasteiger partial charge in [-0.15, -0.1) is 11.3 Å². The molecule has 2 rings (SSSR count). The van der Waals surface area contributed by atoms with Crippen molar-refractivity contribution in [3.05, 3.63) is 22.4 Å². The average molecular weight is 295 g/mol. The second kappa shape index (κ2) is 7.58. The Morgan fingerprint density at radius 1 is 1.40 bits per heavy atom. The van der Waals surface area contributed by atoms with Crippen LogP contribution in [-0.2, 0) is 6.54 Å². The molecule has 1 aliphatic rings. The maximum atomic E-state index is 3.75. The van der Waals surface area contributed by atoms with E-state index in [1.54, 1.807) is 0 Å². The molecule has 0 radical (unpaired) electrons. The van der Waals surface area contributed by atoms with Crippen molar-refractivity contribution in [3.63, 3.8) is 0 Å². The highest BCUT2D eigenvalue weighted by atomic mass is 32.1. The molecule has 3 heteroatoms. The smallest absolute Gasteiger partial charge is 0.0328 e. The summed E-state index contributed by atoms with van der Waals surface area (Å²) >= 11 is 1.88. The summed E-state index contributed by atoms with van der Waals surface area (Å²) in [6, 6.07) is 5.24. The van der Waals surface area contributed by atoms with Crippen molar-refractivity contribution in [2.75, 3.05) is 19.6 Å². The van der Waals surface area contributed by atoms with E-state index < -0.39 is 0 Å². The largest absolute Gasteiger partial charge is 0.313 e. The summed E-state index contributed by atoms with van der Waals surface area (Å²) in [6.45, 7) is 11.7. The minimum atomic E-state index is 0.407. The van der Waals surface area contributed by atoms with Crippen LogP contribution in [0.3, 0.4) is 0 Å². The average Bonchev–Trinajstić information content (AvgIpc) is 3.13. The molecule has 114 valence electrons. The van der Waals surface area contributed by atoms with Crippen LogP contribution >= 0.6 is 11.3 Å². The summed E-state index contributed by atoms with van der Waals surface area (Å²) in [5.74, 6) is 0. The molecular formula is C17H30N2S. The minimum absolute atomic E-state index is 0.407. The Labute approximate surface area is 128 Å². The molecule has 1 unspecified atom stereocenters. The van der Waals surface area contributed by atoms with E-state index in [0.29, 0.717) is 5.41 Å². The Hall–Kier alpha value is -0.380. The molecule has 2 nitrogen and oxygen atoms in total. The molecule has 0 aromatic carbocycles. The molecule has 1 saturated carbocycles. The number of nitrogens with zero attached hydrogens (tertiary/aromatic N) is 1. The topological polar surface area (TPSA) is 15.3 Å². The first-order chi connectivity index (χ1) is 9.65. The molecule has 1 aliphatic carbocycles. The Morgan fingerprint density at radius 2 is 2.20 bits per heavy atom. The summed E-state index contributed by atoms with van der Waals surface area (Å²) in [4.78, 5) is 4.09. The lowest BCUT2D eigenvalue weighted by molar-refractivity contribution is 0.149. The molecular weight excluding hydrogens is 264 g/mol. The van der Waals surface area contributed by atoms with Crippen LogP contribution in [0.5, 0.6) is 0 Å². The third-order valence-corrected chi connectivity index (χ3v) is 5.12. The zero-order valence-electron chi connectivity index (χ0n) is 13.3. The lowest BCUT2D eigenvalue weighted by Gasteiger charge is -2.35. The van der Waals surface area contributed by atoms with Crippen molar-refractivity contribution in [3.8, 4) is 0 Å². The molecule has 0 amide bonds. The van der Waals surface area contributed by atoms with Crippen LogP contribution < -0.4 is 5.32 Å². The van der Waals surface area contributed by atoms with E-state index in [1.165, 1.54) is 43.6 Å². The Balaban J connectivity index is 1.88. The number of nitrogens with one attached hydrogen (secondary N) is 1. The molecule has 1 heterocycles. The zero-order valence-corrected chi connectivity index (χ0v) is 14.1. The highest BCUT2D eigenvalue weighted by molar-refractivity contribution is 7.09. The van der Waals surface area contributed by atoms with Crippen molar-refractivity contribution in [1.82, 2.24) is 10.2 Å². The lowest BCUT2D eigenvalue weighted by atomic mass is 9.84. The van der Waals surface area contributed by atoms with Crippen molar-refractivity contribution < 1.29 is 0 Å². The highest BCUT2D eigenvalue weighted by Gasteiger charge is 2.29. The van der Waals surface area contributed by atoms with Crippen LogP contribution in [0.1, 0.15) is 51.3 Å². The highest BCUT2D eigenvalue weighted by Crippen LogP contribution is 2.27. The van der Waals surface area contributed by atoms with Gasteiger partial charge in [0, 0.05) is 30.6 Å². The molecule has 0 aliphatic heterocycles. The SMILES string of the molecule is CCCC(C)(CNC1CC1)CN(CC)Cc1cccs1. The normalized spacial score (nSPS) is 18.4. The van der Waals surface area contributed by atoms with Crippen molar-refractivity contribution in [1.29, 1.82) is 0 Å². The fourth-order valence-corrected chi connectivity index (χ4v) is 3.69. The third-order valence-electron chi connectivity index (χ3n) is 4.26. The van der Waals surface area contributed by atoms with Gasteiger partial charge in [-0.2, -0.15) is 0 Å². The predicted molar refractivity (Wildman–Crippen MR) is 89.3 cm³/mol. The van der Waals surface area contributed by atoms with Gasteiger partial charge in [-0.05, 0) is 42.7 Å². The van der Waals surface area contributed by atoms with Crippen LogP contribution in [0.15, 0.2) is 17.5 Å². The van der Waals surface area contributed by atoms with Gasteiger partial charge in [-0.25, -0.2) is 0 Å². The first-order valence-corrected chi connectivity index (χ1v) is 9.01. The molecule has 0 bridgehead atoms. The fraction of sp³-hybridized carbons (Fsp3) is 0.765. The van der Waals surface area contributed by atoms with Gasteiger partial charge >= 0.3 is 0 Å². The van der Waals surface area contributed by atoms with E-state index in [1.807, 2.05) is 11.3 Å². The van der Waals surface area contributed by atoms with E-state index in [4.69, 9.17) is 0 Å². The second-order valence-corrected chi connectivity index (χ2v) is 7.63. The fourth-order valence-electron chi connectivity index (χ4n) is 2.95. The standard InChI is InChI=1S/C17H30N2S/c1-4-10-17(3,13-18-15-8-9-15)14-19(5-2)12-16-7-6-11-20-16/h6-7,11,15,18H,4-5,8-10,12-14H2,1-3H3. The number of rotatable bonds is 10. The van der Waals surface area contributed by atoms with Gasteiger partial charge in [0.2, 0.25) is 0 Å². The summed E-state index contributed by atoms with van der Waals surface area (Å²) in [5.41, 5.74) is 0.407. The van der Waals surface area contributed by atoms with Gasteiger partial charge < -0.3 is 5.32 Å². The summed E-state index contributed by atoms with van der Waals surface area (Å²) < 4.78 is 0. The van der Waals surface area contributed by atoms with Gasteiger partial charge in [-0.3, -0.25) is 4.90 Å². The van der Waals surface area contributed by atoms with Gasteiger partial charge in [0.05, 0.1) is 0 Å². The second-order valence-electron chi connectivity index (χ2n) is 6.60. The molecule has 0 saturated heterocycles. The lowest BCUT2D eigenvalue weighted by Crippen LogP contribution is -2.42. The van der Waals surface area contributed by atoms with Crippen LogP contribution in [0.2, 0.25) is 0 Å². The van der Waals surface area contributed by atoms with E-state index in [9.17, 15) is 0 Å². The van der Waals surface area contributed by atoms with Gasteiger partial charge in [0.1, 0.15) is 0 Å². The van der Waals surface area contributed by atoms with Crippen molar-refractivity contribution in [2.45, 2.75) is 59.0 Å². The summed E-state index contributed by atoms with van der Waals surface area (Å²) in [5, 5.41) is 5.93.